The number of carbonyl (C=O) groups excluding carboxylic acids is 1. The van der Waals surface area contributed by atoms with E-state index in [-0.39, 0.29) is 23.6 Å². The Morgan fingerprint density at radius 3 is 2.48 bits per heavy atom. The van der Waals surface area contributed by atoms with Crippen LogP contribution in [-0.2, 0) is 11.3 Å². The summed E-state index contributed by atoms with van der Waals surface area (Å²) in [7, 11) is 0. The largest absolute Gasteiger partial charge is 0.370 e. The number of nitrogens with zero attached hydrogens (tertiary/aromatic N) is 1. The van der Waals surface area contributed by atoms with Crippen molar-refractivity contribution >= 4 is 11.6 Å². The van der Waals surface area contributed by atoms with Crippen LogP contribution in [0.5, 0.6) is 0 Å². The molecule has 7 heteroatoms. The Hall–Kier alpha value is -2.51. The summed E-state index contributed by atoms with van der Waals surface area (Å²) in [5, 5.41) is 6.57. The van der Waals surface area contributed by atoms with E-state index >= 15 is 0 Å². The molecule has 152 valence electrons. The summed E-state index contributed by atoms with van der Waals surface area (Å²) in [5.74, 6) is -1.10. The van der Waals surface area contributed by atoms with Crippen LogP contribution in [0.15, 0.2) is 42.5 Å². The van der Waals surface area contributed by atoms with Crippen molar-refractivity contribution in [3.05, 3.63) is 65.2 Å². The summed E-state index contributed by atoms with van der Waals surface area (Å²) < 4.78 is 34.1. The van der Waals surface area contributed by atoms with Crippen molar-refractivity contribution in [3.63, 3.8) is 0 Å². The molecule has 3 heterocycles. The van der Waals surface area contributed by atoms with Gasteiger partial charge in [-0.1, -0.05) is 18.2 Å². The van der Waals surface area contributed by atoms with Crippen molar-refractivity contribution in [3.8, 4) is 0 Å². The van der Waals surface area contributed by atoms with Gasteiger partial charge in [0.2, 0.25) is 0 Å². The SMILES string of the molecule is O=C1NC2(COC3(CCN(Cc4c(F)cccc4F)CC3)C2)Nc2ccccc21. The van der Waals surface area contributed by atoms with Crippen LogP contribution in [0.4, 0.5) is 14.5 Å². The van der Waals surface area contributed by atoms with E-state index in [4.69, 9.17) is 4.74 Å². The van der Waals surface area contributed by atoms with Crippen LogP contribution >= 0.6 is 0 Å². The number of ether oxygens (including phenoxy) is 1. The highest BCUT2D eigenvalue weighted by molar-refractivity contribution is 6.02. The van der Waals surface area contributed by atoms with E-state index in [0.717, 1.165) is 18.5 Å². The molecule has 1 atom stereocenters. The normalized spacial score (nSPS) is 25.7. The van der Waals surface area contributed by atoms with Crippen LogP contribution in [0.2, 0.25) is 0 Å². The molecular weight excluding hydrogens is 376 g/mol. The highest BCUT2D eigenvalue weighted by Crippen LogP contribution is 2.43. The lowest BCUT2D eigenvalue weighted by atomic mass is 9.84. The zero-order valence-electron chi connectivity index (χ0n) is 16.0. The number of benzene rings is 2. The molecule has 3 aliphatic heterocycles. The maximum absolute atomic E-state index is 14.0. The van der Waals surface area contributed by atoms with Crippen molar-refractivity contribution < 1.29 is 18.3 Å². The summed E-state index contributed by atoms with van der Waals surface area (Å²) in [6, 6.07) is 11.4. The molecular formula is C22H23F2N3O2. The van der Waals surface area contributed by atoms with Crippen molar-refractivity contribution in [1.82, 2.24) is 10.2 Å². The van der Waals surface area contributed by atoms with Gasteiger partial charge in [-0.25, -0.2) is 8.78 Å². The third-order valence-electron chi connectivity index (χ3n) is 6.36. The number of anilines is 1. The topological polar surface area (TPSA) is 53.6 Å². The van der Waals surface area contributed by atoms with Gasteiger partial charge < -0.3 is 15.4 Å². The molecule has 2 aromatic carbocycles. The molecule has 2 saturated heterocycles. The van der Waals surface area contributed by atoms with Gasteiger partial charge in [0.05, 0.1) is 17.8 Å². The summed E-state index contributed by atoms with van der Waals surface area (Å²) >= 11 is 0. The first kappa shape index (κ1) is 18.5. The minimum absolute atomic E-state index is 0.0903. The second-order valence-electron chi connectivity index (χ2n) is 8.33. The van der Waals surface area contributed by atoms with Crippen LogP contribution < -0.4 is 10.6 Å². The molecule has 2 N–H and O–H groups in total. The molecule has 1 unspecified atom stereocenters. The van der Waals surface area contributed by atoms with E-state index < -0.39 is 17.3 Å². The van der Waals surface area contributed by atoms with Crippen molar-refractivity contribution in [2.75, 3.05) is 25.0 Å². The lowest BCUT2D eigenvalue weighted by molar-refractivity contribution is -0.0455. The van der Waals surface area contributed by atoms with Gasteiger partial charge in [-0.3, -0.25) is 9.69 Å². The van der Waals surface area contributed by atoms with Gasteiger partial charge in [0.25, 0.3) is 5.91 Å². The zero-order chi connectivity index (χ0) is 20.1. The standard InChI is InChI=1S/C22H23F2N3O2/c23-17-5-3-6-18(24)16(17)12-27-10-8-21(9-11-27)13-22(14-29-21)25-19-7-2-1-4-15(19)20(28)26-22/h1-7,25H,8-14H2,(H,26,28). The van der Waals surface area contributed by atoms with Crippen LogP contribution in [0.1, 0.15) is 35.2 Å². The molecule has 29 heavy (non-hydrogen) atoms. The quantitative estimate of drug-likeness (QED) is 0.814. The number of halogens is 2. The van der Waals surface area contributed by atoms with Gasteiger partial charge in [-0.15, -0.1) is 0 Å². The van der Waals surface area contributed by atoms with Crippen LogP contribution in [0.3, 0.4) is 0 Å². The number of fused-ring (bicyclic) bond motifs is 1. The zero-order valence-corrected chi connectivity index (χ0v) is 16.0. The minimum Gasteiger partial charge on any atom is -0.370 e. The highest BCUT2D eigenvalue weighted by atomic mass is 19.1. The number of likely N-dealkylation sites (tertiary alicyclic amines) is 1. The number of amides is 1. The van der Waals surface area contributed by atoms with Gasteiger partial charge in [0.1, 0.15) is 17.3 Å². The van der Waals surface area contributed by atoms with Crippen LogP contribution in [0, 0.1) is 11.6 Å². The van der Waals surface area contributed by atoms with E-state index in [1.165, 1.54) is 18.2 Å². The summed E-state index contributed by atoms with van der Waals surface area (Å²) in [6.07, 6.45) is 2.18. The molecule has 0 aromatic heterocycles. The molecule has 1 amide bonds. The first-order valence-electron chi connectivity index (χ1n) is 9.97. The Balaban J connectivity index is 1.26. The number of piperidine rings is 1. The number of nitrogens with one attached hydrogen (secondary N) is 2. The Kier molecular flexibility index (Phi) is 4.33. The third kappa shape index (κ3) is 3.28. The fraction of sp³-hybridized carbons (Fsp3) is 0.409. The molecule has 2 aromatic rings. The number of rotatable bonds is 2. The highest BCUT2D eigenvalue weighted by Gasteiger charge is 2.53. The second-order valence-corrected chi connectivity index (χ2v) is 8.33. The van der Waals surface area contributed by atoms with Crippen molar-refractivity contribution in [2.45, 2.75) is 37.1 Å². The first-order valence-corrected chi connectivity index (χ1v) is 9.97. The van der Waals surface area contributed by atoms with E-state index in [9.17, 15) is 13.6 Å². The summed E-state index contributed by atoms with van der Waals surface area (Å²) in [6.45, 7) is 2.03. The van der Waals surface area contributed by atoms with E-state index in [1.54, 1.807) is 6.07 Å². The van der Waals surface area contributed by atoms with Crippen molar-refractivity contribution in [1.29, 1.82) is 0 Å². The van der Waals surface area contributed by atoms with Gasteiger partial charge in [-0.05, 0) is 37.1 Å². The molecule has 3 aliphatic rings. The monoisotopic (exact) mass is 399 g/mol. The Morgan fingerprint density at radius 2 is 1.72 bits per heavy atom. The predicted molar refractivity (Wildman–Crippen MR) is 104 cm³/mol. The molecule has 0 bridgehead atoms. The van der Waals surface area contributed by atoms with E-state index in [1.807, 2.05) is 18.2 Å². The molecule has 2 spiro atoms. The van der Waals surface area contributed by atoms with E-state index in [0.29, 0.717) is 31.7 Å². The van der Waals surface area contributed by atoms with Crippen LogP contribution in [0.25, 0.3) is 0 Å². The molecule has 5 nitrogen and oxygen atoms in total. The maximum Gasteiger partial charge on any atom is 0.255 e. The Bertz CT molecular complexity index is 939. The third-order valence-corrected chi connectivity index (χ3v) is 6.36. The number of para-hydroxylation sites is 1. The van der Waals surface area contributed by atoms with Gasteiger partial charge >= 0.3 is 0 Å². The van der Waals surface area contributed by atoms with Gasteiger partial charge in [0, 0.05) is 37.3 Å². The molecule has 0 radical (unpaired) electrons. The Labute approximate surface area is 168 Å². The summed E-state index contributed by atoms with van der Waals surface area (Å²) in [5.41, 5.74) is 0.637. The number of hydrogen-bond acceptors (Lipinski definition) is 4. The second kappa shape index (κ2) is 6.78. The lowest BCUT2D eigenvalue weighted by Crippen LogP contribution is -2.59. The van der Waals surface area contributed by atoms with Gasteiger partial charge in [0.15, 0.2) is 0 Å². The van der Waals surface area contributed by atoms with Gasteiger partial charge in [-0.2, -0.15) is 0 Å². The molecule has 5 rings (SSSR count). The van der Waals surface area contributed by atoms with E-state index in [2.05, 4.69) is 15.5 Å². The first-order chi connectivity index (χ1) is 14.0. The van der Waals surface area contributed by atoms with Crippen LogP contribution in [-0.4, -0.2) is 41.8 Å². The summed E-state index contributed by atoms with van der Waals surface area (Å²) in [4.78, 5) is 14.6. The molecule has 2 fully saturated rings. The Morgan fingerprint density at radius 1 is 1.00 bits per heavy atom. The number of hydrogen-bond donors (Lipinski definition) is 2. The van der Waals surface area contributed by atoms with Crippen molar-refractivity contribution in [2.24, 2.45) is 0 Å². The average molecular weight is 399 g/mol. The average Bonchev–Trinajstić information content (AvgIpc) is 3.03. The fourth-order valence-electron chi connectivity index (χ4n) is 4.80. The number of carbonyl (C=O) groups is 1. The molecule has 0 aliphatic carbocycles. The molecule has 0 saturated carbocycles. The smallest absolute Gasteiger partial charge is 0.255 e. The maximum atomic E-state index is 14.0. The predicted octanol–water partition coefficient (Wildman–Crippen LogP) is 3.27. The fourth-order valence-corrected chi connectivity index (χ4v) is 4.80. The minimum atomic E-state index is -0.606. The lowest BCUT2D eigenvalue weighted by Gasteiger charge is -2.41.